The van der Waals surface area contributed by atoms with E-state index in [1.165, 1.54) is 0 Å². The minimum Gasteiger partial charge on any atom is -0.316 e. The summed E-state index contributed by atoms with van der Waals surface area (Å²) >= 11 is 0. The standard InChI is InChI=1S/C14H27NO2S/c1-14(2)9-8-12(15-3)13(10-14)18(16,17)11-6-4-5-7-11/h11-13,15H,4-10H2,1-3H3. The highest BCUT2D eigenvalue weighted by Gasteiger charge is 2.44. The van der Waals surface area contributed by atoms with E-state index >= 15 is 0 Å². The van der Waals surface area contributed by atoms with Crippen LogP contribution in [0.25, 0.3) is 0 Å². The van der Waals surface area contributed by atoms with Crippen LogP contribution in [0.5, 0.6) is 0 Å². The maximum atomic E-state index is 12.8. The summed E-state index contributed by atoms with van der Waals surface area (Å²) in [5, 5.41) is 3.01. The Bertz CT molecular complexity index is 383. The van der Waals surface area contributed by atoms with Gasteiger partial charge in [-0.15, -0.1) is 0 Å². The van der Waals surface area contributed by atoms with Crippen molar-refractivity contribution in [2.24, 2.45) is 5.41 Å². The van der Waals surface area contributed by atoms with Gasteiger partial charge in [-0.05, 0) is 44.6 Å². The molecule has 0 aromatic carbocycles. The summed E-state index contributed by atoms with van der Waals surface area (Å²) in [6, 6.07) is 0.156. The second kappa shape index (κ2) is 5.12. The zero-order chi connectivity index (χ0) is 13.4. The minimum atomic E-state index is -2.96. The molecule has 2 atom stereocenters. The number of hydrogen-bond donors (Lipinski definition) is 1. The Morgan fingerprint density at radius 1 is 1.11 bits per heavy atom. The molecule has 2 fully saturated rings. The van der Waals surface area contributed by atoms with Gasteiger partial charge < -0.3 is 5.32 Å². The molecule has 2 aliphatic carbocycles. The summed E-state index contributed by atoms with van der Waals surface area (Å²) in [7, 11) is -1.05. The molecule has 2 saturated carbocycles. The highest BCUT2D eigenvalue weighted by molar-refractivity contribution is 7.92. The van der Waals surface area contributed by atoms with Gasteiger partial charge in [-0.25, -0.2) is 8.42 Å². The molecule has 0 heterocycles. The molecule has 0 bridgehead atoms. The van der Waals surface area contributed by atoms with E-state index in [4.69, 9.17) is 0 Å². The van der Waals surface area contributed by atoms with Crippen molar-refractivity contribution in [2.75, 3.05) is 7.05 Å². The fourth-order valence-corrected chi connectivity index (χ4v) is 6.56. The number of sulfone groups is 1. The van der Waals surface area contributed by atoms with Crippen molar-refractivity contribution in [1.29, 1.82) is 0 Å². The molecule has 0 aromatic rings. The van der Waals surface area contributed by atoms with Gasteiger partial charge in [0.1, 0.15) is 0 Å². The predicted molar refractivity (Wildman–Crippen MR) is 75.4 cm³/mol. The zero-order valence-electron chi connectivity index (χ0n) is 11.9. The van der Waals surface area contributed by atoms with Crippen molar-refractivity contribution in [3.63, 3.8) is 0 Å². The molecule has 0 aromatic heterocycles. The van der Waals surface area contributed by atoms with Crippen molar-refractivity contribution in [1.82, 2.24) is 5.32 Å². The second-order valence-corrected chi connectivity index (χ2v) is 9.29. The van der Waals surface area contributed by atoms with Crippen LogP contribution in [-0.2, 0) is 9.84 Å². The van der Waals surface area contributed by atoms with Gasteiger partial charge in [0.25, 0.3) is 0 Å². The Morgan fingerprint density at radius 3 is 2.28 bits per heavy atom. The number of nitrogens with one attached hydrogen (secondary N) is 1. The second-order valence-electron chi connectivity index (χ2n) is 6.84. The van der Waals surface area contributed by atoms with Crippen LogP contribution in [0, 0.1) is 5.41 Å². The summed E-state index contributed by atoms with van der Waals surface area (Å²) < 4.78 is 25.6. The molecular weight excluding hydrogens is 246 g/mol. The zero-order valence-corrected chi connectivity index (χ0v) is 12.7. The average molecular weight is 273 g/mol. The molecule has 2 rings (SSSR count). The van der Waals surface area contributed by atoms with E-state index in [1.807, 2.05) is 7.05 Å². The third kappa shape index (κ3) is 2.74. The molecule has 0 spiro atoms. The van der Waals surface area contributed by atoms with Gasteiger partial charge >= 0.3 is 0 Å². The highest BCUT2D eigenvalue weighted by atomic mass is 32.2. The van der Waals surface area contributed by atoms with E-state index in [0.717, 1.165) is 44.9 Å². The Labute approximate surface area is 112 Å². The van der Waals surface area contributed by atoms with Crippen LogP contribution in [0.4, 0.5) is 0 Å². The lowest BCUT2D eigenvalue weighted by Gasteiger charge is -2.41. The minimum absolute atomic E-state index is 0.0627. The molecule has 106 valence electrons. The Balaban J connectivity index is 2.21. The number of hydrogen-bond acceptors (Lipinski definition) is 3. The van der Waals surface area contributed by atoms with Crippen molar-refractivity contribution in [3.8, 4) is 0 Å². The first kappa shape index (κ1) is 14.3. The first-order valence-corrected chi connectivity index (χ1v) is 8.88. The quantitative estimate of drug-likeness (QED) is 0.859. The molecule has 18 heavy (non-hydrogen) atoms. The number of rotatable bonds is 3. The van der Waals surface area contributed by atoms with Crippen LogP contribution in [0.15, 0.2) is 0 Å². The van der Waals surface area contributed by atoms with Gasteiger partial charge in [0.05, 0.1) is 10.5 Å². The molecule has 3 nitrogen and oxygen atoms in total. The van der Waals surface area contributed by atoms with Crippen LogP contribution in [0.3, 0.4) is 0 Å². The van der Waals surface area contributed by atoms with Gasteiger partial charge in [0.15, 0.2) is 9.84 Å². The molecular formula is C14H27NO2S. The summed E-state index contributed by atoms with van der Waals surface area (Å²) in [5.74, 6) is 0. The maximum absolute atomic E-state index is 12.8. The van der Waals surface area contributed by atoms with Crippen molar-refractivity contribution >= 4 is 9.84 Å². The average Bonchev–Trinajstić information content (AvgIpc) is 2.82. The van der Waals surface area contributed by atoms with Crippen LogP contribution < -0.4 is 5.32 Å². The molecule has 4 heteroatoms. The van der Waals surface area contributed by atoms with Crippen molar-refractivity contribution in [3.05, 3.63) is 0 Å². The molecule has 0 aliphatic heterocycles. The normalized spacial score (nSPS) is 33.7. The highest BCUT2D eigenvalue weighted by Crippen LogP contribution is 2.41. The van der Waals surface area contributed by atoms with Gasteiger partial charge in [0.2, 0.25) is 0 Å². The topological polar surface area (TPSA) is 46.2 Å². The third-order valence-corrected chi connectivity index (χ3v) is 7.63. The van der Waals surface area contributed by atoms with Gasteiger partial charge in [0, 0.05) is 6.04 Å². The Morgan fingerprint density at radius 2 is 1.72 bits per heavy atom. The fourth-order valence-electron chi connectivity index (χ4n) is 3.66. The van der Waals surface area contributed by atoms with E-state index in [2.05, 4.69) is 19.2 Å². The van der Waals surface area contributed by atoms with Crippen LogP contribution in [0.1, 0.15) is 58.8 Å². The summed E-state index contributed by atoms with van der Waals surface area (Å²) in [6.45, 7) is 4.41. The molecule has 0 radical (unpaired) electrons. The van der Waals surface area contributed by atoms with Gasteiger partial charge in [-0.1, -0.05) is 26.7 Å². The largest absolute Gasteiger partial charge is 0.316 e. The lowest BCUT2D eigenvalue weighted by molar-refractivity contribution is 0.213. The maximum Gasteiger partial charge on any atom is 0.157 e. The molecule has 1 N–H and O–H groups in total. The first-order valence-electron chi connectivity index (χ1n) is 7.27. The van der Waals surface area contributed by atoms with Crippen LogP contribution in [0.2, 0.25) is 0 Å². The van der Waals surface area contributed by atoms with E-state index in [-0.39, 0.29) is 22.0 Å². The Hall–Kier alpha value is -0.0900. The fraction of sp³-hybridized carbons (Fsp3) is 1.00. The van der Waals surface area contributed by atoms with E-state index in [9.17, 15) is 8.42 Å². The van der Waals surface area contributed by atoms with Gasteiger partial charge in [-0.2, -0.15) is 0 Å². The molecule has 2 unspecified atom stereocenters. The lowest BCUT2D eigenvalue weighted by atomic mass is 9.75. The monoisotopic (exact) mass is 273 g/mol. The van der Waals surface area contributed by atoms with E-state index < -0.39 is 9.84 Å². The SMILES string of the molecule is CNC1CCC(C)(C)CC1S(=O)(=O)C1CCCC1. The lowest BCUT2D eigenvalue weighted by Crippen LogP contribution is -2.51. The molecule has 2 aliphatic rings. The summed E-state index contributed by atoms with van der Waals surface area (Å²) in [5.41, 5.74) is 0.170. The smallest absolute Gasteiger partial charge is 0.157 e. The van der Waals surface area contributed by atoms with Crippen molar-refractivity contribution < 1.29 is 8.42 Å². The third-order valence-electron chi connectivity index (χ3n) is 4.89. The summed E-state index contributed by atoms with van der Waals surface area (Å²) in [6.07, 6.45) is 6.87. The molecule has 0 amide bonds. The van der Waals surface area contributed by atoms with Gasteiger partial charge in [-0.3, -0.25) is 0 Å². The molecule has 0 saturated heterocycles. The van der Waals surface area contributed by atoms with Crippen LogP contribution in [-0.4, -0.2) is 32.0 Å². The van der Waals surface area contributed by atoms with E-state index in [1.54, 1.807) is 0 Å². The first-order chi connectivity index (χ1) is 8.37. The van der Waals surface area contributed by atoms with Crippen LogP contribution >= 0.6 is 0 Å². The van der Waals surface area contributed by atoms with E-state index in [0.29, 0.717) is 0 Å². The summed E-state index contributed by atoms with van der Waals surface area (Å²) in [4.78, 5) is 0. The Kier molecular flexibility index (Phi) is 4.07. The predicted octanol–water partition coefficient (Wildman–Crippen LogP) is 2.51. The van der Waals surface area contributed by atoms with Crippen molar-refractivity contribution in [2.45, 2.75) is 75.3 Å².